The van der Waals surface area contributed by atoms with Crippen molar-refractivity contribution in [1.29, 1.82) is 0 Å². The minimum atomic E-state index is -4.87. The Kier molecular flexibility index (Phi) is 8.30. The third kappa shape index (κ3) is 6.40. The number of ketones is 1. The maximum Gasteiger partial charge on any atom is 0.419 e. The first-order chi connectivity index (χ1) is 21.5. The molecule has 6 rings (SSSR count). The van der Waals surface area contributed by atoms with Gasteiger partial charge < -0.3 is 10.2 Å². The van der Waals surface area contributed by atoms with E-state index in [1.807, 2.05) is 24.3 Å². The molecule has 0 aliphatic carbocycles. The predicted octanol–water partition coefficient (Wildman–Crippen LogP) is 5.93. The molecule has 0 spiro atoms. The number of benzene rings is 2. The first-order valence-corrected chi connectivity index (χ1v) is 14.9. The number of pyridine rings is 1. The molecule has 2 aromatic carbocycles. The van der Waals surface area contributed by atoms with Crippen molar-refractivity contribution in [3.8, 4) is 0 Å². The predicted molar refractivity (Wildman–Crippen MR) is 161 cm³/mol. The van der Waals surface area contributed by atoms with E-state index in [0.717, 1.165) is 48.3 Å². The molecule has 0 saturated carbocycles. The van der Waals surface area contributed by atoms with Gasteiger partial charge in [-0.2, -0.15) is 18.3 Å². The SMILES string of the molecule is CC1=C(C(=O)Cc2ccc3cnccc3c2)C(c2ccc(C(F)(F)F)c(F)c2)n2nc(C(=O)NCC3CCN(C)CC3)cc2C1. The van der Waals surface area contributed by atoms with E-state index in [1.165, 1.54) is 10.7 Å². The third-order valence-corrected chi connectivity index (χ3v) is 8.84. The van der Waals surface area contributed by atoms with Crippen LogP contribution in [0.3, 0.4) is 0 Å². The molecule has 1 N–H and O–H groups in total. The van der Waals surface area contributed by atoms with Gasteiger partial charge in [0.1, 0.15) is 17.6 Å². The lowest BCUT2D eigenvalue weighted by molar-refractivity contribution is -0.140. The van der Waals surface area contributed by atoms with Crippen LogP contribution >= 0.6 is 0 Å². The lowest BCUT2D eigenvalue weighted by Crippen LogP contribution is -2.37. The number of allylic oxidation sites excluding steroid dienone is 2. The smallest absolute Gasteiger partial charge is 0.350 e. The van der Waals surface area contributed by atoms with E-state index in [1.54, 1.807) is 25.4 Å². The summed E-state index contributed by atoms with van der Waals surface area (Å²) in [5.74, 6) is -1.72. The molecule has 11 heteroatoms. The number of hydrogen-bond acceptors (Lipinski definition) is 5. The molecule has 1 unspecified atom stereocenters. The van der Waals surface area contributed by atoms with Gasteiger partial charge in [0.25, 0.3) is 5.91 Å². The Morgan fingerprint density at radius 1 is 1.02 bits per heavy atom. The summed E-state index contributed by atoms with van der Waals surface area (Å²) < 4.78 is 56.7. The zero-order valence-corrected chi connectivity index (χ0v) is 25.0. The molecular formula is C34H33F4N5O2. The highest BCUT2D eigenvalue weighted by atomic mass is 19.4. The quantitative estimate of drug-likeness (QED) is 0.259. The number of rotatable bonds is 7. The first kappa shape index (κ1) is 30.6. The highest BCUT2D eigenvalue weighted by Gasteiger charge is 2.37. The van der Waals surface area contributed by atoms with Gasteiger partial charge in [-0.1, -0.05) is 29.8 Å². The zero-order valence-electron chi connectivity index (χ0n) is 25.0. The van der Waals surface area contributed by atoms with Gasteiger partial charge in [-0.25, -0.2) is 4.39 Å². The molecule has 1 saturated heterocycles. The second-order valence-corrected chi connectivity index (χ2v) is 12.1. The Labute approximate surface area is 257 Å². The number of aromatic nitrogens is 3. The number of piperidine rings is 1. The molecule has 0 bridgehead atoms. The number of likely N-dealkylation sites (tertiary alicyclic amines) is 1. The van der Waals surface area contributed by atoms with Crippen LogP contribution in [0.4, 0.5) is 17.6 Å². The van der Waals surface area contributed by atoms with Crippen LogP contribution in [0, 0.1) is 11.7 Å². The van der Waals surface area contributed by atoms with Crippen molar-refractivity contribution < 1.29 is 27.2 Å². The minimum absolute atomic E-state index is 0.0189. The van der Waals surface area contributed by atoms with Crippen molar-refractivity contribution in [2.45, 2.75) is 44.8 Å². The monoisotopic (exact) mass is 619 g/mol. The fourth-order valence-electron chi connectivity index (χ4n) is 6.37. The molecule has 1 atom stereocenters. The maximum absolute atomic E-state index is 14.9. The van der Waals surface area contributed by atoms with Crippen LogP contribution in [-0.4, -0.2) is 58.0 Å². The summed E-state index contributed by atoms with van der Waals surface area (Å²) in [6.45, 7) is 4.21. The molecule has 4 aromatic rings. The van der Waals surface area contributed by atoms with Gasteiger partial charge in [0.05, 0.1) is 5.56 Å². The summed E-state index contributed by atoms with van der Waals surface area (Å²) in [6.07, 6.45) is 0.787. The van der Waals surface area contributed by atoms with Gasteiger partial charge in [-0.3, -0.25) is 19.3 Å². The first-order valence-electron chi connectivity index (χ1n) is 14.9. The van der Waals surface area contributed by atoms with Crippen LogP contribution < -0.4 is 5.32 Å². The highest BCUT2D eigenvalue weighted by molar-refractivity contribution is 6.00. The number of carbonyl (C=O) groups excluding carboxylic acids is 2. The van der Waals surface area contributed by atoms with E-state index in [-0.39, 0.29) is 29.4 Å². The molecule has 234 valence electrons. The highest BCUT2D eigenvalue weighted by Crippen LogP contribution is 2.39. The van der Waals surface area contributed by atoms with Crippen LogP contribution in [0.1, 0.15) is 58.7 Å². The molecule has 1 fully saturated rings. The Balaban J connectivity index is 1.33. The van der Waals surface area contributed by atoms with Crippen LogP contribution in [-0.2, 0) is 23.8 Å². The molecule has 2 aromatic heterocycles. The third-order valence-electron chi connectivity index (χ3n) is 8.84. The van der Waals surface area contributed by atoms with Crippen molar-refractivity contribution in [3.63, 3.8) is 0 Å². The lowest BCUT2D eigenvalue weighted by Gasteiger charge is -2.29. The van der Waals surface area contributed by atoms with Gasteiger partial charge >= 0.3 is 6.18 Å². The lowest BCUT2D eigenvalue weighted by atomic mass is 9.85. The van der Waals surface area contributed by atoms with Crippen molar-refractivity contribution in [2.75, 3.05) is 26.7 Å². The largest absolute Gasteiger partial charge is 0.419 e. The van der Waals surface area contributed by atoms with E-state index < -0.39 is 23.6 Å². The molecular weight excluding hydrogens is 586 g/mol. The number of fused-ring (bicyclic) bond motifs is 2. The number of amides is 1. The molecule has 7 nitrogen and oxygen atoms in total. The number of carbonyl (C=O) groups is 2. The van der Waals surface area contributed by atoms with Gasteiger partial charge in [0.15, 0.2) is 5.78 Å². The minimum Gasteiger partial charge on any atom is -0.350 e. The topological polar surface area (TPSA) is 80.1 Å². The van der Waals surface area contributed by atoms with Crippen molar-refractivity contribution in [1.82, 2.24) is 25.0 Å². The Hall–Kier alpha value is -4.38. The zero-order chi connectivity index (χ0) is 31.9. The fourth-order valence-corrected chi connectivity index (χ4v) is 6.37. The number of nitrogens with zero attached hydrogens (tertiary/aromatic N) is 4. The average molecular weight is 620 g/mol. The fraction of sp³-hybridized carbons (Fsp3) is 0.353. The van der Waals surface area contributed by atoms with Gasteiger partial charge in [-0.05, 0) is 86.6 Å². The molecule has 2 aliphatic heterocycles. The summed E-state index contributed by atoms with van der Waals surface area (Å²) in [5.41, 5.74) is 1.23. The number of Topliss-reactive ketones (excluding diaryl/α,β-unsaturated/α-hetero) is 1. The molecule has 0 radical (unpaired) electrons. The second kappa shape index (κ2) is 12.2. The number of hydrogen-bond donors (Lipinski definition) is 1. The van der Waals surface area contributed by atoms with Gasteiger partial charge in [0.2, 0.25) is 0 Å². The number of nitrogens with one attached hydrogen (secondary N) is 1. The molecule has 4 heterocycles. The van der Waals surface area contributed by atoms with Crippen LogP contribution in [0.5, 0.6) is 0 Å². The summed E-state index contributed by atoms with van der Waals surface area (Å²) >= 11 is 0. The molecule has 2 aliphatic rings. The van der Waals surface area contributed by atoms with Gasteiger partial charge in [0, 0.05) is 48.4 Å². The molecule has 45 heavy (non-hydrogen) atoms. The van der Waals surface area contributed by atoms with E-state index in [2.05, 4.69) is 27.3 Å². The van der Waals surface area contributed by atoms with Crippen LogP contribution in [0.15, 0.2) is 72.1 Å². The van der Waals surface area contributed by atoms with Crippen molar-refractivity contribution in [2.24, 2.45) is 5.92 Å². The Morgan fingerprint density at radius 2 is 1.80 bits per heavy atom. The normalized spacial score (nSPS) is 17.9. The van der Waals surface area contributed by atoms with E-state index in [9.17, 15) is 27.2 Å². The van der Waals surface area contributed by atoms with E-state index >= 15 is 0 Å². The number of alkyl halides is 3. The summed E-state index contributed by atoms with van der Waals surface area (Å²) in [4.78, 5) is 33.6. The van der Waals surface area contributed by atoms with E-state index in [4.69, 9.17) is 0 Å². The summed E-state index contributed by atoms with van der Waals surface area (Å²) in [7, 11) is 2.07. The summed E-state index contributed by atoms with van der Waals surface area (Å²) in [5, 5.41) is 9.36. The van der Waals surface area contributed by atoms with Gasteiger partial charge in [-0.15, -0.1) is 0 Å². The van der Waals surface area contributed by atoms with E-state index in [0.29, 0.717) is 41.8 Å². The van der Waals surface area contributed by atoms with Crippen molar-refractivity contribution in [3.05, 3.63) is 106 Å². The maximum atomic E-state index is 14.9. The van der Waals surface area contributed by atoms with Crippen molar-refractivity contribution >= 4 is 22.5 Å². The molecule has 1 amide bonds. The van der Waals surface area contributed by atoms with Crippen LogP contribution in [0.2, 0.25) is 0 Å². The Morgan fingerprint density at radius 3 is 2.53 bits per heavy atom. The Bertz CT molecular complexity index is 1800. The average Bonchev–Trinajstić information content (AvgIpc) is 3.43. The standard InChI is InChI=1S/C34H33F4N5O2/c1-20-13-26-17-29(33(45)40-18-21-8-11-42(2)12-9-21)41-43(26)32(24-5-6-27(28(35)16-24)34(36,37)38)31(20)30(44)15-22-3-4-25-19-39-10-7-23(25)14-22/h3-7,10,14,16-17,19,21,32H,8-9,11-13,15,18H2,1-2H3,(H,40,45). The number of halogens is 4. The second-order valence-electron chi connectivity index (χ2n) is 12.1. The van der Waals surface area contributed by atoms with Crippen LogP contribution in [0.25, 0.3) is 10.8 Å². The summed E-state index contributed by atoms with van der Waals surface area (Å²) in [6, 6.07) is 10.7.